The maximum Gasteiger partial charge on any atom is 0.0726 e. The van der Waals surface area contributed by atoms with Crippen molar-refractivity contribution in [3.63, 3.8) is 0 Å². The summed E-state index contributed by atoms with van der Waals surface area (Å²) in [4.78, 5) is 2.56. The zero-order valence-electron chi connectivity index (χ0n) is 37.1. The van der Waals surface area contributed by atoms with Crippen molar-refractivity contribution < 1.29 is 0 Å². The van der Waals surface area contributed by atoms with E-state index in [4.69, 9.17) is 0 Å². The van der Waals surface area contributed by atoms with Gasteiger partial charge in [-0.1, -0.05) is 206 Å². The lowest BCUT2D eigenvalue weighted by Crippen LogP contribution is -2.26. The lowest BCUT2D eigenvalue weighted by molar-refractivity contribution is 0.794. The van der Waals surface area contributed by atoms with Gasteiger partial charge in [-0.25, -0.2) is 0 Å². The van der Waals surface area contributed by atoms with E-state index in [0.717, 1.165) is 17.1 Å². The van der Waals surface area contributed by atoms with Gasteiger partial charge in [-0.3, -0.25) is 0 Å². The second-order valence-corrected chi connectivity index (χ2v) is 18.7. The van der Waals surface area contributed by atoms with E-state index in [2.05, 4.69) is 254 Å². The first-order valence-corrected chi connectivity index (χ1v) is 23.7. The molecule has 0 radical (unpaired) electrons. The van der Waals surface area contributed by atoms with Crippen molar-refractivity contribution in [2.24, 2.45) is 0 Å². The van der Waals surface area contributed by atoms with Gasteiger partial charge in [0.15, 0.2) is 0 Å². The molecule has 0 heterocycles. The predicted molar refractivity (Wildman–Crippen MR) is 288 cm³/mol. The number of fused-ring (bicyclic) bond motifs is 20. The predicted octanol–water partition coefficient (Wildman–Crippen LogP) is 18.1. The van der Waals surface area contributed by atoms with Crippen LogP contribution >= 0.6 is 0 Å². The maximum atomic E-state index is 2.58. The van der Waals surface area contributed by atoms with Crippen molar-refractivity contribution in [2.45, 2.75) is 5.41 Å². The van der Waals surface area contributed by atoms with Crippen LogP contribution < -0.4 is 4.90 Å². The van der Waals surface area contributed by atoms with Gasteiger partial charge in [0.2, 0.25) is 0 Å². The van der Waals surface area contributed by atoms with Crippen molar-refractivity contribution in [3.05, 3.63) is 271 Å². The van der Waals surface area contributed by atoms with Gasteiger partial charge in [0.25, 0.3) is 0 Å². The molecule has 1 nitrogen and oxygen atoms in total. The van der Waals surface area contributed by atoms with E-state index in [9.17, 15) is 0 Å². The van der Waals surface area contributed by atoms with E-state index in [0.29, 0.717) is 0 Å². The summed E-state index contributed by atoms with van der Waals surface area (Å²) in [7, 11) is 0. The van der Waals surface area contributed by atoms with Crippen LogP contribution in [0.5, 0.6) is 0 Å². The molecule has 314 valence electrons. The Bertz CT molecular complexity index is 4210. The number of anilines is 3. The standard InChI is InChI=1S/C67H41N/c1-2-17-44-37-45(31-29-42(44)15-1)59-40-61-58-25-11-14-28-64(58)67(62-26-12-9-23-56(62)57-24-10-13-27-63(57)67)65(61)41-66(59)68(47-33-35-50-46(38-47)32-30-43-16-3-4-18-49(43)50)48-34-36-55-53-21-6-5-19-51(53)52-20-7-8-22-54(52)60(55)39-48/h1-41H. The molecule has 0 amide bonds. The van der Waals surface area contributed by atoms with Gasteiger partial charge < -0.3 is 4.90 Å². The zero-order valence-corrected chi connectivity index (χ0v) is 37.1. The monoisotopic (exact) mass is 859 g/mol. The summed E-state index contributed by atoms with van der Waals surface area (Å²) in [6, 6.07) is 93.7. The van der Waals surface area contributed by atoms with E-state index in [-0.39, 0.29) is 0 Å². The highest BCUT2D eigenvalue weighted by atomic mass is 15.1. The average Bonchev–Trinajstić information content (AvgIpc) is 3.87. The normalized spacial score (nSPS) is 13.1. The Morgan fingerprint density at radius 2 is 0.691 bits per heavy atom. The SMILES string of the molecule is c1ccc2c(c1)-c1ccccc1C21c2ccccc2-c2cc(-c3ccc4ccccc4c3)c(N(c3ccc4c(ccc5ccccc54)c3)c3ccc4c5ccccc5c5ccccc5c4c3)cc21. The van der Waals surface area contributed by atoms with Crippen molar-refractivity contribution in [3.8, 4) is 33.4 Å². The fraction of sp³-hybridized carbons (Fsp3) is 0.0149. The lowest BCUT2D eigenvalue weighted by Gasteiger charge is -2.33. The minimum absolute atomic E-state index is 0.512. The van der Waals surface area contributed by atoms with E-state index in [1.165, 1.54) is 120 Å². The smallest absolute Gasteiger partial charge is 0.0726 e. The first-order chi connectivity index (χ1) is 33.7. The molecule has 0 aliphatic heterocycles. The third-order valence-electron chi connectivity index (χ3n) is 15.4. The van der Waals surface area contributed by atoms with Gasteiger partial charge in [-0.2, -0.15) is 0 Å². The lowest BCUT2D eigenvalue weighted by atomic mass is 9.70. The van der Waals surface area contributed by atoms with Crippen LogP contribution in [0, 0.1) is 0 Å². The van der Waals surface area contributed by atoms with Crippen LogP contribution in [0.1, 0.15) is 22.3 Å². The molecule has 0 saturated heterocycles. The Labute approximate surface area is 394 Å². The molecular weight excluding hydrogens is 819 g/mol. The molecule has 13 aromatic carbocycles. The van der Waals surface area contributed by atoms with Crippen molar-refractivity contribution in [2.75, 3.05) is 4.90 Å². The van der Waals surface area contributed by atoms with Gasteiger partial charge in [0, 0.05) is 16.9 Å². The minimum atomic E-state index is -0.512. The van der Waals surface area contributed by atoms with Crippen LogP contribution in [0.15, 0.2) is 249 Å². The fourth-order valence-electron chi connectivity index (χ4n) is 12.5. The van der Waals surface area contributed by atoms with E-state index < -0.39 is 5.41 Å². The molecule has 15 rings (SSSR count). The highest BCUT2D eigenvalue weighted by Crippen LogP contribution is 2.64. The molecule has 2 aliphatic rings. The Kier molecular flexibility index (Phi) is 7.77. The van der Waals surface area contributed by atoms with Crippen LogP contribution in [0.4, 0.5) is 17.1 Å². The Morgan fingerprint density at radius 3 is 1.35 bits per heavy atom. The quantitative estimate of drug-likeness (QED) is 0.159. The number of benzene rings is 13. The average molecular weight is 860 g/mol. The Hall–Kier alpha value is -8.78. The van der Waals surface area contributed by atoms with Gasteiger partial charge in [-0.05, 0) is 157 Å². The van der Waals surface area contributed by atoms with Gasteiger partial charge in [-0.15, -0.1) is 0 Å². The molecule has 68 heavy (non-hydrogen) atoms. The van der Waals surface area contributed by atoms with Crippen LogP contribution in [0.25, 0.3) is 98.0 Å². The van der Waals surface area contributed by atoms with Crippen LogP contribution in [0.2, 0.25) is 0 Å². The van der Waals surface area contributed by atoms with E-state index >= 15 is 0 Å². The van der Waals surface area contributed by atoms with Gasteiger partial charge in [0.05, 0.1) is 11.1 Å². The molecule has 0 saturated carbocycles. The van der Waals surface area contributed by atoms with Crippen molar-refractivity contribution >= 4 is 81.7 Å². The second kappa shape index (κ2) is 14.1. The molecule has 0 N–H and O–H groups in total. The first-order valence-electron chi connectivity index (χ1n) is 23.7. The third kappa shape index (κ3) is 5.11. The highest BCUT2D eigenvalue weighted by molar-refractivity contribution is 6.26. The summed E-state index contributed by atoms with van der Waals surface area (Å²) in [6.45, 7) is 0. The fourth-order valence-corrected chi connectivity index (χ4v) is 12.5. The topological polar surface area (TPSA) is 3.24 Å². The van der Waals surface area contributed by atoms with Crippen LogP contribution in [0.3, 0.4) is 0 Å². The summed E-state index contributed by atoms with van der Waals surface area (Å²) in [5, 5.41) is 15.0. The van der Waals surface area contributed by atoms with E-state index in [1.807, 2.05) is 0 Å². The minimum Gasteiger partial charge on any atom is -0.310 e. The molecule has 0 bridgehead atoms. The summed E-state index contributed by atoms with van der Waals surface area (Å²) >= 11 is 0. The van der Waals surface area contributed by atoms with Crippen molar-refractivity contribution in [1.82, 2.24) is 0 Å². The Balaban J connectivity index is 1.09. The van der Waals surface area contributed by atoms with Crippen LogP contribution in [-0.4, -0.2) is 0 Å². The molecule has 13 aromatic rings. The van der Waals surface area contributed by atoms with E-state index in [1.54, 1.807) is 0 Å². The summed E-state index contributed by atoms with van der Waals surface area (Å²) in [5.74, 6) is 0. The molecule has 1 heteroatoms. The highest BCUT2D eigenvalue weighted by Gasteiger charge is 2.52. The zero-order chi connectivity index (χ0) is 44.5. The first kappa shape index (κ1) is 37.4. The number of rotatable bonds is 4. The molecule has 0 aromatic heterocycles. The molecule has 0 fully saturated rings. The summed E-state index contributed by atoms with van der Waals surface area (Å²) in [6.07, 6.45) is 0. The second-order valence-electron chi connectivity index (χ2n) is 18.7. The summed E-state index contributed by atoms with van der Waals surface area (Å²) < 4.78 is 0. The molecule has 2 aliphatic carbocycles. The Morgan fingerprint density at radius 1 is 0.235 bits per heavy atom. The number of hydrogen-bond donors (Lipinski definition) is 0. The molecule has 0 unspecified atom stereocenters. The largest absolute Gasteiger partial charge is 0.310 e. The summed E-state index contributed by atoms with van der Waals surface area (Å²) in [5.41, 5.74) is 15.7. The third-order valence-corrected chi connectivity index (χ3v) is 15.4. The maximum absolute atomic E-state index is 2.58. The van der Waals surface area contributed by atoms with Crippen LogP contribution in [-0.2, 0) is 5.41 Å². The van der Waals surface area contributed by atoms with Crippen molar-refractivity contribution in [1.29, 1.82) is 0 Å². The molecule has 1 spiro atoms. The van der Waals surface area contributed by atoms with Gasteiger partial charge in [0.1, 0.15) is 0 Å². The van der Waals surface area contributed by atoms with Gasteiger partial charge >= 0.3 is 0 Å². The number of hydrogen-bond acceptors (Lipinski definition) is 1. The number of nitrogens with zero attached hydrogens (tertiary/aromatic N) is 1. The molecule has 0 atom stereocenters. The molecular formula is C67H41N.